The van der Waals surface area contributed by atoms with E-state index in [2.05, 4.69) is 10.3 Å². The van der Waals surface area contributed by atoms with Gasteiger partial charge in [0, 0.05) is 19.0 Å². The van der Waals surface area contributed by atoms with Crippen molar-refractivity contribution in [3.8, 4) is 0 Å². The zero-order chi connectivity index (χ0) is 16.8. The van der Waals surface area contributed by atoms with Gasteiger partial charge in [-0.25, -0.2) is 4.98 Å². The van der Waals surface area contributed by atoms with Crippen molar-refractivity contribution in [1.82, 2.24) is 9.88 Å². The number of aromatic nitrogens is 1. The summed E-state index contributed by atoms with van der Waals surface area (Å²) in [7, 11) is 1.55. The normalized spacial score (nSPS) is 10.3. The predicted octanol–water partition coefficient (Wildman–Crippen LogP) is 1.93. The fourth-order valence-electron chi connectivity index (χ4n) is 1.69. The number of aliphatic carboxylic acids is 1. The van der Waals surface area contributed by atoms with E-state index in [0.29, 0.717) is 15.7 Å². The van der Waals surface area contributed by atoms with E-state index >= 15 is 0 Å². The molecule has 0 bridgehead atoms. The van der Waals surface area contributed by atoms with Crippen molar-refractivity contribution in [1.29, 1.82) is 0 Å². The molecule has 0 fully saturated rings. The van der Waals surface area contributed by atoms with Gasteiger partial charge in [-0.2, -0.15) is 0 Å². The van der Waals surface area contributed by atoms with Crippen molar-refractivity contribution in [2.75, 3.05) is 18.9 Å². The summed E-state index contributed by atoms with van der Waals surface area (Å²) in [6.07, 6.45) is -0.0249. The maximum atomic E-state index is 12.0. The van der Waals surface area contributed by atoms with Crippen molar-refractivity contribution < 1.29 is 19.5 Å². The van der Waals surface area contributed by atoms with E-state index in [-0.39, 0.29) is 31.2 Å². The number of thiazole rings is 1. The lowest BCUT2D eigenvalue weighted by atomic mass is 10.3. The lowest BCUT2D eigenvalue weighted by molar-refractivity contribution is -0.138. The van der Waals surface area contributed by atoms with Gasteiger partial charge in [0.25, 0.3) is 5.91 Å². The second-order valence-electron chi connectivity index (χ2n) is 4.71. The Morgan fingerprint density at radius 1 is 1.35 bits per heavy atom. The molecule has 0 saturated carbocycles. The molecular formula is C14H15N3O4S2. The molecule has 0 unspecified atom stereocenters. The van der Waals surface area contributed by atoms with Gasteiger partial charge in [0.1, 0.15) is 0 Å². The van der Waals surface area contributed by atoms with Crippen molar-refractivity contribution in [3.05, 3.63) is 33.5 Å². The Morgan fingerprint density at radius 3 is 2.78 bits per heavy atom. The van der Waals surface area contributed by atoms with Crippen LogP contribution in [-0.4, -0.2) is 46.4 Å². The summed E-state index contributed by atoms with van der Waals surface area (Å²) in [5.74, 6) is -1.39. The number of carbonyl (C=O) groups is 3. The molecule has 2 amide bonds. The monoisotopic (exact) mass is 353 g/mol. The largest absolute Gasteiger partial charge is 0.481 e. The van der Waals surface area contributed by atoms with Crippen molar-refractivity contribution in [2.45, 2.75) is 12.8 Å². The summed E-state index contributed by atoms with van der Waals surface area (Å²) in [5.41, 5.74) is 0.545. The van der Waals surface area contributed by atoms with E-state index in [1.807, 2.05) is 5.38 Å². The minimum atomic E-state index is -0.947. The van der Waals surface area contributed by atoms with Gasteiger partial charge >= 0.3 is 5.97 Å². The molecule has 122 valence electrons. The number of nitrogens with one attached hydrogen (secondary N) is 1. The first-order valence-electron chi connectivity index (χ1n) is 6.70. The molecule has 2 rings (SSSR count). The second-order valence-corrected chi connectivity index (χ2v) is 6.52. The third kappa shape index (κ3) is 5.15. The van der Waals surface area contributed by atoms with Crippen LogP contribution < -0.4 is 5.32 Å². The number of likely N-dealkylation sites (N-methyl/N-ethyl adjacent to an activating group) is 1. The molecule has 2 aromatic rings. The summed E-state index contributed by atoms with van der Waals surface area (Å²) in [5, 5.41) is 15.2. The van der Waals surface area contributed by atoms with E-state index in [4.69, 9.17) is 5.11 Å². The third-order valence-corrected chi connectivity index (χ3v) is 4.61. The van der Waals surface area contributed by atoms with Crippen LogP contribution in [0.3, 0.4) is 0 Å². The lowest BCUT2D eigenvalue weighted by Crippen LogP contribution is -2.30. The molecule has 0 atom stereocenters. The van der Waals surface area contributed by atoms with Crippen LogP contribution in [0.15, 0.2) is 22.9 Å². The van der Waals surface area contributed by atoms with Crippen LogP contribution in [0.1, 0.15) is 21.8 Å². The van der Waals surface area contributed by atoms with Gasteiger partial charge in [0.05, 0.1) is 23.4 Å². The van der Waals surface area contributed by atoms with Gasteiger partial charge in [-0.05, 0) is 11.4 Å². The maximum Gasteiger partial charge on any atom is 0.305 e. The number of carboxylic acids is 1. The summed E-state index contributed by atoms with van der Waals surface area (Å²) in [6, 6.07) is 3.51. The van der Waals surface area contributed by atoms with Crippen molar-refractivity contribution in [3.63, 3.8) is 0 Å². The lowest BCUT2D eigenvalue weighted by Gasteiger charge is -2.14. The fourth-order valence-corrected chi connectivity index (χ4v) is 3.01. The summed E-state index contributed by atoms with van der Waals surface area (Å²) < 4.78 is 0. The number of anilines is 1. The van der Waals surface area contributed by atoms with E-state index < -0.39 is 5.97 Å². The quantitative estimate of drug-likeness (QED) is 0.792. The first-order valence-corrected chi connectivity index (χ1v) is 8.46. The number of hydrogen-bond acceptors (Lipinski definition) is 6. The Hall–Kier alpha value is -2.26. The number of amides is 2. The van der Waals surface area contributed by atoms with Gasteiger partial charge in [0.2, 0.25) is 5.91 Å². The predicted molar refractivity (Wildman–Crippen MR) is 88.0 cm³/mol. The SMILES string of the molecule is CN(CCC(=O)O)C(=O)Cc1csc(NC(=O)c2cccs2)n1. The highest BCUT2D eigenvalue weighted by atomic mass is 32.1. The molecule has 0 aromatic carbocycles. The third-order valence-electron chi connectivity index (χ3n) is 2.94. The fraction of sp³-hybridized carbons (Fsp3) is 0.286. The van der Waals surface area contributed by atoms with Crippen LogP contribution in [0.5, 0.6) is 0 Å². The number of carboxylic acid groups (broad SMARTS) is 1. The molecule has 0 aliphatic rings. The molecule has 0 radical (unpaired) electrons. The number of thiophene rings is 1. The van der Waals surface area contributed by atoms with E-state index in [9.17, 15) is 14.4 Å². The van der Waals surface area contributed by atoms with Gasteiger partial charge in [-0.1, -0.05) is 6.07 Å². The van der Waals surface area contributed by atoms with Crippen LogP contribution in [0.2, 0.25) is 0 Å². The molecule has 2 aromatic heterocycles. The highest BCUT2D eigenvalue weighted by molar-refractivity contribution is 7.14. The topological polar surface area (TPSA) is 99.6 Å². The average molecular weight is 353 g/mol. The molecule has 0 aliphatic carbocycles. The molecule has 0 aliphatic heterocycles. The van der Waals surface area contributed by atoms with Gasteiger partial charge in [-0.15, -0.1) is 22.7 Å². The Labute approximate surface area is 140 Å². The molecule has 9 heteroatoms. The minimum absolute atomic E-state index is 0.0709. The smallest absolute Gasteiger partial charge is 0.305 e. The Kier molecular flexibility index (Phi) is 5.83. The Bertz CT molecular complexity index is 697. The van der Waals surface area contributed by atoms with Crippen LogP contribution in [-0.2, 0) is 16.0 Å². The highest BCUT2D eigenvalue weighted by Gasteiger charge is 2.14. The first-order chi connectivity index (χ1) is 11.0. The summed E-state index contributed by atoms with van der Waals surface area (Å²) in [6.45, 7) is 0.153. The number of rotatable bonds is 7. The molecular weight excluding hydrogens is 338 g/mol. The zero-order valence-corrected chi connectivity index (χ0v) is 13.9. The van der Waals surface area contributed by atoms with Crippen molar-refractivity contribution in [2.24, 2.45) is 0 Å². The summed E-state index contributed by atoms with van der Waals surface area (Å²) >= 11 is 2.58. The minimum Gasteiger partial charge on any atom is -0.481 e. The number of carbonyl (C=O) groups excluding carboxylic acids is 2. The van der Waals surface area contributed by atoms with Gasteiger partial charge in [0.15, 0.2) is 5.13 Å². The molecule has 2 N–H and O–H groups in total. The second kappa shape index (κ2) is 7.84. The van der Waals surface area contributed by atoms with Crippen LogP contribution in [0.4, 0.5) is 5.13 Å². The molecule has 7 nitrogen and oxygen atoms in total. The average Bonchev–Trinajstić information content (AvgIpc) is 3.16. The van der Waals surface area contributed by atoms with E-state index in [1.165, 1.54) is 27.6 Å². The van der Waals surface area contributed by atoms with E-state index in [0.717, 1.165) is 0 Å². The highest BCUT2D eigenvalue weighted by Crippen LogP contribution is 2.18. The van der Waals surface area contributed by atoms with Crippen LogP contribution >= 0.6 is 22.7 Å². The van der Waals surface area contributed by atoms with Gasteiger partial charge in [-0.3, -0.25) is 19.7 Å². The molecule has 0 saturated heterocycles. The maximum absolute atomic E-state index is 12.0. The zero-order valence-electron chi connectivity index (χ0n) is 12.3. The first kappa shape index (κ1) is 17.1. The van der Waals surface area contributed by atoms with Crippen LogP contribution in [0, 0.1) is 0 Å². The molecule has 23 heavy (non-hydrogen) atoms. The molecule has 0 spiro atoms. The van der Waals surface area contributed by atoms with E-state index in [1.54, 1.807) is 24.6 Å². The number of hydrogen-bond donors (Lipinski definition) is 2. The van der Waals surface area contributed by atoms with Gasteiger partial charge < -0.3 is 10.0 Å². The molecule has 2 heterocycles. The standard InChI is InChI=1S/C14H15N3O4S2/c1-17(5-4-12(19)20)11(18)7-9-8-23-14(15-9)16-13(21)10-3-2-6-22-10/h2-3,6,8H,4-5,7H2,1H3,(H,19,20)(H,15,16,21). The Morgan fingerprint density at radius 2 is 2.13 bits per heavy atom. The van der Waals surface area contributed by atoms with Crippen LogP contribution in [0.25, 0.3) is 0 Å². The number of nitrogens with zero attached hydrogens (tertiary/aromatic N) is 2. The Balaban J connectivity index is 1.88. The summed E-state index contributed by atoms with van der Waals surface area (Å²) in [4.78, 5) is 40.5. The van der Waals surface area contributed by atoms with Crippen molar-refractivity contribution >= 4 is 45.6 Å².